The van der Waals surface area contributed by atoms with Crippen LogP contribution >= 0.6 is 11.6 Å². The number of hydrogen-bond acceptors (Lipinski definition) is 5. The van der Waals surface area contributed by atoms with E-state index < -0.39 is 16.1 Å². The van der Waals surface area contributed by atoms with E-state index >= 15 is 0 Å². The SMILES string of the molecule is COCCCNC(=O)C[C@H](NS(=O)(=O)c1ccc(Cl)cc1)c1ccco1. The summed E-state index contributed by atoms with van der Waals surface area (Å²) in [7, 11) is -2.26. The second-order valence-electron chi connectivity index (χ2n) is 5.54. The largest absolute Gasteiger partial charge is 0.468 e. The third kappa shape index (κ3) is 6.14. The maximum atomic E-state index is 12.6. The highest BCUT2D eigenvalue weighted by molar-refractivity contribution is 7.89. The monoisotopic (exact) mass is 400 g/mol. The van der Waals surface area contributed by atoms with Gasteiger partial charge in [-0.05, 0) is 42.8 Å². The minimum absolute atomic E-state index is 0.0546. The average Bonchev–Trinajstić information content (AvgIpc) is 3.13. The number of carbonyl (C=O) groups excluding carboxylic acids is 1. The topological polar surface area (TPSA) is 97.6 Å². The summed E-state index contributed by atoms with van der Waals surface area (Å²) < 4.78 is 37.9. The summed E-state index contributed by atoms with van der Waals surface area (Å²) in [6.07, 6.45) is 2.01. The predicted octanol–water partition coefficient (Wildman–Crippen LogP) is 2.50. The number of nitrogens with one attached hydrogen (secondary N) is 2. The first kappa shape index (κ1) is 20.4. The Morgan fingerprint density at radius 1 is 1.27 bits per heavy atom. The third-order valence-electron chi connectivity index (χ3n) is 3.54. The molecule has 2 N–H and O–H groups in total. The quantitative estimate of drug-likeness (QED) is 0.597. The summed E-state index contributed by atoms with van der Waals surface area (Å²) in [6, 6.07) is 8.20. The highest BCUT2D eigenvalue weighted by atomic mass is 35.5. The smallest absolute Gasteiger partial charge is 0.241 e. The van der Waals surface area contributed by atoms with Crippen molar-refractivity contribution in [2.24, 2.45) is 0 Å². The lowest BCUT2D eigenvalue weighted by molar-refractivity contribution is -0.121. The maximum Gasteiger partial charge on any atom is 0.241 e. The highest BCUT2D eigenvalue weighted by Crippen LogP contribution is 2.22. The Kier molecular flexibility index (Phi) is 7.65. The van der Waals surface area contributed by atoms with Gasteiger partial charge in [0, 0.05) is 25.3 Å². The number of furan rings is 1. The van der Waals surface area contributed by atoms with E-state index in [1.54, 1.807) is 19.2 Å². The molecule has 1 aromatic carbocycles. The Bertz CT molecular complexity index is 791. The fourth-order valence-electron chi connectivity index (χ4n) is 2.26. The third-order valence-corrected chi connectivity index (χ3v) is 5.28. The number of rotatable bonds is 10. The van der Waals surface area contributed by atoms with Crippen LogP contribution in [-0.4, -0.2) is 34.6 Å². The second-order valence-corrected chi connectivity index (χ2v) is 7.69. The van der Waals surface area contributed by atoms with Gasteiger partial charge in [-0.3, -0.25) is 4.79 Å². The van der Waals surface area contributed by atoms with Crippen LogP contribution in [0.5, 0.6) is 0 Å². The molecule has 0 aliphatic rings. The number of carbonyl (C=O) groups is 1. The van der Waals surface area contributed by atoms with E-state index in [0.717, 1.165) is 0 Å². The molecule has 0 saturated carbocycles. The van der Waals surface area contributed by atoms with Crippen LogP contribution in [0.3, 0.4) is 0 Å². The number of ether oxygens (including phenoxy) is 1. The van der Waals surface area contributed by atoms with E-state index in [9.17, 15) is 13.2 Å². The van der Waals surface area contributed by atoms with Crippen LogP contribution in [0.15, 0.2) is 52.0 Å². The molecule has 1 amide bonds. The van der Waals surface area contributed by atoms with E-state index in [4.69, 9.17) is 20.8 Å². The van der Waals surface area contributed by atoms with Crippen LogP contribution in [0.1, 0.15) is 24.6 Å². The Labute approximate surface area is 157 Å². The van der Waals surface area contributed by atoms with Gasteiger partial charge in [0.15, 0.2) is 0 Å². The van der Waals surface area contributed by atoms with E-state index in [1.807, 2.05) is 0 Å². The van der Waals surface area contributed by atoms with E-state index in [-0.39, 0.29) is 17.2 Å². The molecule has 0 spiro atoms. The lowest BCUT2D eigenvalue weighted by Crippen LogP contribution is -2.34. The fraction of sp³-hybridized carbons (Fsp3) is 0.353. The maximum absolute atomic E-state index is 12.6. The Morgan fingerprint density at radius 2 is 2.00 bits per heavy atom. The number of halogens is 1. The van der Waals surface area contributed by atoms with Gasteiger partial charge in [-0.25, -0.2) is 8.42 Å². The summed E-state index contributed by atoms with van der Waals surface area (Å²) in [4.78, 5) is 12.2. The van der Waals surface area contributed by atoms with Gasteiger partial charge in [0.05, 0.1) is 23.6 Å². The minimum Gasteiger partial charge on any atom is -0.468 e. The van der Waals surface area contributed by atoms with Crippen molar-refractivity contribution in [2.75, 3.05) is 20.3 Å². The van der Waals surface area contributed by atoms with E-state index in [2.05, 4.69) is 10.0 Å². The molecule has 9 heteroatoms. The molecule has 0 saturated heterocycles. The molecule has 0 unspecified atom stereocenters. The first-order valence-corrected chi connectivity index (χ1v) is 9.85. The van der Waals surface area contributed by atoms with E-state index in [1.165, 1.54) is 30.5 Å². The van der Waals surface area contributed by atoms with Crippen LogP contribution in [-0.2, 0) is 19.6 Å². The van der Waals surface area contributed by atoms with Crippen molar-refractivity contribution in [1.82, 2.24) is 10.0 Å². The van der Waals surface area contributed by atoms with Crippen LogP contribution in [0.4, 0.5) is 0 Å². The van der Waals surface area contributed by atoms with Crippen molar-refractivity contribution < 1.29 is 22.4 Å². The van der Waals surface area contributed by atoms with Gasteiger partial charge in [0.1, 0.15) is 5.76 Å². The molecule has 26 heavy (non-hydrogen) atoms. The zero-order chi connectivity index (χ0) is 19.0. The van der Waals surface area contributed by atoms with Crippen molar-refractivity contribution in [3.8, 4) is 0 Å². The minimum atomic E-state index is -3.85. The number of amides is 1. The van der Waals surface area contributed by atoms with Crippen LogP contribution in [0, 0.1) is 0 Å². The van der Waals surface area contributed by atoms with Crippen LogP contribution in [0.2, 0.25) is 5.02 Å². The van der Waals surface area contributed by atoms with Gasteiger partial charge in [-0.1, -0.05) is 11.6 Å². The molecule has 0 radical (unpaired) electrons. The number of benzene rings is 1. The predicted molar refractivity (Wildman–Crippen MR) is 97.3 cm³/mol. The lowest BCUT2D eigenvalue weighted by Gasteiger charge is -2.17. The molecule has 1 aromatic heterocycles. The summed E-state index contributed by atoms with van der Waals surface area (Å²) in [5.41, 5.74) is 0. The number of sulfonamides is 1. The zero-order valence-electron chi connectivity index (χ0n) is 14.3. The molecule has 0 aliphatic carbocycles. The van der Waals surface area contributed by atoms with Gasteiger partial charge in [0.25, 0.3) is 0 Å². The van der Waals surface area contributed by atoms with Crippen LogP contribution in [0.25, 0.3) is 0 Å². The number of hydrogen-bond donors (Lipinski definition) is 2. The molecule has 7 nitrogen and oxygen atoms in total. The van der Waals surface area contributed by atoms with Gasteiger partial charge in [-0.15, -0.1) is 0 Å². The van der Waals surface area contributed by atoms with Crippen molar-refractivity contribution >= 4 is 27.5 Å². The van der Waals surface area contributed by atoms with Crippen LogP contribution < -0.4 is 10.0 Å². The van der Waals surface area contributed by atoms with Crippen molar-refractivity contribution in [2.45, 2.75) is 23.8 Å². The molecule has 0 aliphatic heterocycles. The Hall–Kier alpha value is -1.87. The summed E-state index contributed by atoms with van der Waals surface area (Å²) >= 11 is 5.80. The van der Waals surface area contributed by atoms with Crippen molar-refractivity contribution in [1.29, 1.82) is 0 Å². The fourth-order valence-corrected chi connectivity index (χ4v) is 3.59. The molecular formula is C17H21ClN2O5S. The molecule has 0 bridgehead atoms. The molecule has 2 rings (SSSR count). The van der Waals surface area contributed by atoms with Gasteiger partial charge in [-0.2, -0.15) is 4.72 Å². The normalized spacial score (nSPS) is 12.7. The number of methoxy groups -OCH3 is 1. The molecule has 2 aromatic rings. The Morgan fingerprint density at radius 3 is 2.62 bits per heavy atom. The molecule has 142 valence electrons. The first-order chi connectivity index (χ1) is 12.4. The highest BCUT2D eigenvalue weighted by Gasteiger charge is 2.25. The van der Waals surface area contributed by atoms with Gasteiger partial charge in [0.2, 0.25) is 15.9 Å². The lowest BCUT2D eigenvalue weighted by atomic mass is 10.1. The zero-order valence-corrected chi connectivity index (χ0v) is 15.8. The Balaban J connectivity index is 2.08. The summed E-state index contributed by atoms with van der Waals surface area (Å²) in [6.45, 7) is 0.979. The summed E-state index contributed by atoms with van der Waals surface area (Å²) in [5, 5.41) is 3.16. The van der Waals surface area contributed by atoms with E-state index in [0.29, 0.717) is 30.4 Å². The second kappa shape index (κ2) is 9.72. The molecular weight excluding hydrogens is 380 g/mol. The standard InChI is InChI=1S/C17H21ClN2O5S/c1-24-10-3-9-19-17(21)12-15(16-4-2-11-25-16)20-26(22,23)14-7-5-13(18)6-8-14/h2,4-8,11,15,20H,3,9-10,12H2,1H3,(H,19,21)/t15-/m0/s1. The van der Waals surface area contributed by atoms with Crippen molar-refractivity contribution in [3.63, 3.8) is 0 Å². The molecule has 1 atom stereocenters. The van der Waals surface area contributed by atoms with Crippen molar-refractivity contribution in [3.05, 3.63) is 53.4 Å². The molecule has 0 fully saturated rings. The van der Waals surface area contributed by atoms with Gasteiger partial charge >= 0.3 is 0 Å². The molecule has 1 heterocycles. The summed E-state index contributed by atoms with van der Waals surface area (Å²) in [5.74, 6) is 0.0656. The van der Waals surface area contributed by atoms with Gasteiger partial charge < -0.3 is 14.5 Å². The average molecular weight is 401 g/mol. The first-order valence-electron chi connectivity index (χ1n) is 7.99.